The number of benzene rings is 1. The third kappa shape index (κ3) is 1.77. The molecule has 0 bridgehead atoms. The second kappa shape index (κ2) is 3.80. The molecule has 1 aromatic heterocycles. The molecule has 1 atom stereocenters. The lowest BCUT2D eigenvalue weighted by molar-refractivity contribution is 0.943. The number of nitrogens with two attached hydrogens (primary N) is 1. The summed E-state index contributed by atoms with van der Waals surface area (Å²) in [5.41, 5.74) is 9.59. The van der Waals surface area contributed by atoms with Crippen LogP contribution in [-0.4, -0.2) is 4.98 Å². The molecular weight excluding hydrogens is 192 g/mol. The first kappa shape index (κ1) is 9.21. The van der Waals surface area contributed by atoms with Crippen LogP contribution >= 0.6 is 11.3 Å². The first-order valence-electron chi connectivity index (χ1n) is 4.51. The zero-order valence-electron chi connectivity index (χ0n) is 7.97. The molecule has 0 unspecified atom stereocenters. The van der Waals surface area contributed by atoms with Gasteiger partial charge in [0.15, 0.2) is 0 Å². The SMILES string of the molecule is C[C@H](c1ccc(N)cc1)c1cncs1. The van der Waals surface area contributed by atoms with Gasteiger partial charge >= 0.3 is 0 Å². The van der Waals surface area contributed by atoms with E-state index in [4.69, 9.17) is 5.73 Å². The fraction of sp³-hybridized carbons (Fsp3) is 0.182. The van der Waals surface area contributed by atoms with Crippen LogP contribution in [-0.2, 0) is 0 Å². The van der Waals surface area contributed by atoms with E-state index in [9.17, 15) is 0 Å². The third-order valence-electron chi connectivity index (χ3n) is 2.31. The van der Waals surface area contributed by atoms with Crippen LogP contribution in [0.3, 0.4) is 0 Å². The molecule has 2 nitrogen and oxygen atoms in total. The number of anilines is 1. The zero-order chi connectivity index (χ0) is 9.97. The van der Waals surface area contributed by atoms with Crippen LogP contribution in [0.1, 0.15) is 23.3 Å². The number of hydrogen-bond donors (Lipinski definition) is 1. The van der Waals surface area contributed by atoms with Crippen molar-refractivity contribution < 1.29 is 0 Å². The summed E-state index contributed by atoms with van der Waals surface area (Å²) < 4.78 is 0. The Labute approximate surface area is 87.4 Å². The molecular formula is C11H12N2S. The van der Waals surface area contributed by atoms with Crippen LogP contribution in [0, 0.1) is 0 Å². The highest BCUT2D eigenvalue weighted by atomic mass is 32.1. The summed E-state index contributed by atoms with van der Waals surface area (Å²) in [6, 6.07) is 8.01. The van der Waals surface area contributed by atoms with Crippen molar-refractivity contribution in [3.05, 3.63) is 46.4 Å². The minimum Gasteiger partial charge on any atom is -0.399 e. The van der Waals surface area contributed by atoms with Crippen molar-refractivity contribution in [2.75, 3.05) is 5.73 Å². The Hall–Kier alpha value is -1.35. The summed E-state index contributed by atoms with van der Waals surface area (Å²) in [5, 5.41) is 0. The summed E-state index contributed by atoms with van der Waals surface area (Å²) in [6.07, 6.45) is 1.92. The van der Waals surface area contributed by atoms with Gasteiger partial charge in [0.1, 0.15) is 0 Å². The molecule has 2 aromatic rings. The van der Waals surface area contributed by atoms with Gasteiger partial charge in [-0.05, 0) is 17.7 Å². The van der Waals surface area contributed by atoms with Gasteiger partial charge in [0.2, 0.25) is 0 Å². The molecule has 14 heavy (non-hydrogen) atoms. The molecule has 0 aliphatic heterocycles. The molecule has 0 aliphatic rings. The Morgan fingerprint density at radius 1 is 1.29 bits per heavy atom. The van der Waals surface area contributed by atoms with Gasteiger partial charge in [-0.3, -0.25) is 4.98 Å². The van der Waals surface area contributed by atoms with E-state index < -0.39 is 0 Å². The van der Waals surface area contributed by atoms with E-state index in [1.165, 1.54) is 10.4 Å². The molecule has 0 amide bonds. The van der Waals surface area contributed by atoms with Crippen molar-refractivity contribution in [2.24, 2.45) is 0 Å². The molecule has 0 radical (unpaired) electrons. The molecule has 0 spiro atoms. The Morgan fingerprint density at radius 2 is 2.00 bits per heavy atom. The normalized spacial score (nSPS) is 12.6. The van der Waals surface area contributed by atoms with Crippen molar-refractivity contribution in [2.45, 2.75) is 12.8 Å². The molecule has 0 aliphatic carbocycles. The number of nitrogens with zero attached hydrogens (tertiary/aromatic N) is 1. The largest absolute Gasteiger partial charge is 0.399 e. The molecule has 3 heteroatoms. The summed E-state index contributed by atoms with van der Waals surface area (Å²) in [5.74, 6) is 0.406. The average molecular weight is 204 g/mol. The number of aromatic nitrogens is 1. The predicted octanol–water partition coefficient (Wildman–Crippen LogP) is 2.88. The van der Waals surface area contributed by atoms with Crippen molar-refractivity contribution in [1.29, 1.82) is 0 Å². The first-order valence-corrected chi connectivity index (χ1v) is 5.39. The van der Waals surface area contributed by atoms with Crippen molar-refractivity contribution in [3.8, 4) is 0 Å². The molecule has 1 aromatic carbocycles. The zero-order valence-corrected chi connectivity index (χ0v) is 8.79. The van der Waals surface area contributed by atoms with Crippen LogP contribution in [0.2, 0.25) is 0 Å². The Bertz CT molecular complexity index is 392. The lowest BCUT2D eigenvalue weighted by Gasteiger charge is -2.08. The maximum atomic E-state index is 5.64. The molecule has 2 N–H and O–H groups in total. The third-order valence-corrected chi connectivity index (χ3v) is 3.27. The predicted molar refractivity (Wildman–Crippen MR) is 60.5 cm³/mol. The molecule has 1 heterocycles. The van der Waals surface area contributed by atoms with Crippen LogP contribution < -0.4 is 5.73 Å². The van der Waals surface area contributed by atoms with Crippen LogP contribution in [0.15, 0.2) is 36.0 Å². The van der Waals surface area contributed by atoms with E-state index in [1.54, 1.807) is 11.3 Å². The Kier molecular flexibility index (Phi) is 2.50. The van der Waals surface area contributed by atoms with Crippen LogP contribution in [0.5, 0.6) is 0 Å². The average Bonchev–Trinajstić information content (AvgIpc) is 2.71. The minimum absolute atomic E-state index is 0.406. The van der Waals surface area contributed by atoms with Gasteiger partial charge in [-0.2, -0.15) is 0 Å². The van der Waals surface area contributed by atoms with Crippen LogP contribution in [0.4, 0.5) is 5.69 Å². The fourth-order valence-corrected chi connectivity index (χ4v) is 2.09. The first-order chi connectivity index (χ1) is 6.77. The molecule has 0 fully saturated rings. The quantitative estimate of drug-likeness (QED) is 0.764. The van der Waals surface area contributed by atoms with Crippen molar-refractivity contribution in [3.63, 3.8) is 0 Å². The Morgan fingerprint density at radius 3 is 2.57 bits per heavy atom. The maximum absolute atomic E-state index is 5.64. The number of rotatable bonds is 2. The second-order valence-electron chi connectivity index (χ2n) is 3.29. The van der Waals surface area contributed by atoms with Crippen molar-refractivity contribution >= 4 is 17.0 Å². The summed E-state index contributed by atoms with van der Waals surface area (Å²) in [7, 11) is 0. The molecule has 0 saturated carbocycles. The molecule has 72 valence electrons. The number of nitrogen functional groups attached to an aromatic ring is 1. The summed E-state index contributed by atoms with van der Waals surface area (Å²) in [4.78, 5) is 5.37. The molecule has 2 rings (SSSR count). The van der Waals surface area contributed by atoms with Gasteiger partial charge in [-0.25, -0.2) is 0 Å². The van der Waals surface area contributed by atoms with E-state index in [1.807, 2.05) is 23.8 Å². The second-order valence-corrected chi connectivity index (χ2v) is 4.21. The van der Waals surface area contributed by atoms with Gasteiger partial charge in [0.05, 0.1) is 5.51 Å². The van der Waals surface area contributed by atoms with Gasteiger partial charge in [0.25, 0.3) is 0 Å². The maximum Gasteiger partial charge on any atom is 0.0794 e. The van der Waals surface area contributed by atoms with Crippen LogP contribution in [0.25, 0.3) is 0 Å². The standard InChI is InChI=1S/C11H12N2S/c1-8(11-6-13-7-14-11)9-2-4-10(12)5-3-9/h2-8H,12H2,1H3/t8-/m1/s1. The lowest BCUT2D eigenvalue weighted by Crippen LogP contribution is -1.93. The lowest BCUT2D eigenvalue weighted by atomic mass is 10.00. The van der Waals surface area contributed by atoms with E-state index in [0.29, 0.717) is 5.92 Å². The van der Waals surface area contributed by atoms with Gasteiger partial charge in [-0.15, -0.1) is 11.3 Å². The summed E-state index contributed by atoms with van der Waals surface area (Å²) >= 11 is 1.69. The molecule has 0 saturated heterocycles. The number of thiazole rings is 1. The van der Waals surface area contributed by atoms with Crippen molar-refractivity contribution in [1.82, 2.24) is 4.98 Å². The highest BCUT2D eigenvalue weighted by Crippen LogP contribution is 2.26. The van der Waals surface area contributed by atoms with E-state index in [0.717, 1.165) is 5.69 Å². The van der Waals surface area contributed by atoms with Gasteiger partial charge in [-0.1, -0.05) is 19.1 Å². The smallest absolute Gasteiger partial charge is 0.0794 e. The topological polar surface area (TPSA) is 38.9 Å². The number of hydrogen-bond acceptors (Lipinski definition) is 3. The van der Waals surface area contributed by atoms with Gasteiger partial charge in [0, 0.05) is 22.7 Å². The van der Waals surface area contributed by atoms with E-state index in [2.05, 4.69) is 24.0 Å². The Balaban J connectivity index is 2.28. The minimum atomic E-state index is 0.406. The van der Waals surface area contributed by atoms with E-state index in [-0.39, 0.29) is 0 Å². The van der Waals surface area contributed by atoms with Gasteiger partial charge < -0.3 is 5.73 Å². The summed E-state index contributed by atoms with van der Waals surface area (Å²) in [6.45, 7) is 2.18. The van der Waals surface area contributed by atoms with E-state index >= 15 is 0 Å². The monoisotopic (exact) mass is 204 g/mol. The fourth-order valence-electron chi connectivity index (χ4n) is 1.39. The highest BCUT2D eigenvalue weighted by Gasteiger charge is 2.08. The highest BCUT2D eigenvalue weighted by molar-refractivity contribution is 7.09.